The van der Waals surface area contributed by atoms with Crippen molar-refractivity contribution >= 4 is 23.1 Å². The summed E-state index contributed by atoms with van der Waals surface area (Å²) in [5.41, 5.74) is 1.64. The Morgan fingerprint density at radius 1 is 1.59 bits per heavy atom. The van der Waals surface area contributed by atoms with E-state index in [1.165, 1.54) is 11.5 Å². The van der Waals surface area contributed by atoms with Gasteiger partial charge in [-0.1, -0.05) is 16.1 Å². The number of aromatic nitrogens is 4. The van der Waals surface area contributed by atoms with Crippen LogP contribution in [-0.2, 0) is 13.0 Å². The molecule has 0 bridgehead atoms. The lowest BCUT2D eigenvalue weighted by Crippen LogP contribution is -2.08. The van der Waals surface area contributed by atoms with E-state index in [2.05, 4.69) is 14.7 Å². The number of aliphatic hydroxyl groups excluding tert-OH is 1. The van der Waals surface area contributed by atoms with Crippen molar-refractivity contribution < 1.29 is 5.11 Å². The molecule has 17 heavy (non-hydrogen) atoms. The van der Waals surface area contributed by atoms with Gasteiger partial charge < -0.3 is 5.11 Å². The Morgan fingerprint density at radius 2 is 2.35 bits per heavy atom. The highest BCUT2D eigenvalue weighted by atomic mass is 35.5. The van der Waals surface area contributed by atoms with Crippen molar-refractivity contribution in [2.45, 2.75) is 32.9 Å². The molecule has 7 heteroatoms. The summed E-state index contributed by atoms with van der Waals surface area (Å²) in [4.78, 5) is 0.738. The average molecular weight is 273 g/mol. The summed E-state index contributed by atoms with van der Waals surface area (Å²) < 4.78 is 5.55. The van der Waals surface area contributed by atoms with E-state index in [4.69, 9.17) is 11.6 Å². The molecular formula is C10H13ClN4OS. The fourth-order valence-corrected chi connectivity index (χ4v) is 2.37. The summed E-state index contributed by atoms with van der Waals surface area (Å²) in [7, 11) is 0. The standard InChI is InChI=1S/C10H13ClN4OS/c1-3-15-7(10(11)6(2)13-15)4-8(16)9-5-12-14-17-9/h5,8,16H,3-4H2,1-2H3. The molecule has 0 radical (unpaired) electrons. The fourth-order valence-electron chi connectivity index (χ4n) is 1.67. The van der Waals surface area contributed by atoms with Gasteiger partial charge in [0, 0.05) is 13.0 Å². The third kappa shape index (κ3) is 2.48. The predicted molar refractivity (Wildman–Crippen MR) is 66.2 cm³/mol. The Kier molecular flexibility index (Phi) is 3.76. The van der Waals surface area contributed by atoms with E-state index in [1.807, 2.05) is 18.5 Å². The van der Waals surface area contributed by atoms with Gasteiger partial charge in [0.05, 0.1) is 33.6 Å². The van der Waals surface area contributed by atoms with Gasteiger partial charge >= 0.3 is 0 Å². The summed E-state index contributed by atoms with van der Waals surface area (Å²) in [6.07, 6.45) is 1.37. The smallest absolute Gasteiger partial charge is 0.0969 e. The first-order valence-electron chi connectivity index (χ1n) is 5.30. The third-order valence-electron chi connectivity index (χ3n) is 2.55. The van der Waals surface area contributed by atoms with Gasteiger partial charge in [0.2, 0.25) is 0 Å². The number of nitrogens with zero attached hydrogens (tertiary/aromatic N) is 4. The van der Waals surface area contributed by atoms with Crippen molar-refractivity contribution in [3.8, 4) is 0 Å². The SMILES string of the molecule is CCn1nc(C)c(Cl)c1CC(O)c1cnns1. The van der Waals surface area contributed by atoms with E-state index in [1.54, 1.807) is 6.20 Å². The summed E-state index contributed by atoms with van der Waals surface area (Å²) in [5, 5.41) is 18.7. The van der Waals surface area contributed by atoms with Gasteiger partial charge in [0.25, 0.3) is 0 Å². The highest BCUT2D eigenvalue weighted by Crippen LogP contribution is 2.26. The van der Waals surface area contributed by atoms with Crippen LogP contribution < -0.4 is 0 Å². The van der Waals surface area contributed by atoms with Crippen molar-refractivity contribution in [2.75, 3.05) is 0 Å². The van der Waals surface area contributed by atoms with E-state index >= 15 is 0 Å². The fraction of sp³-hybridized carbons (Fsp3) is 0.500. The summed E-state index contributed by atoms with van der Waals surface area (Å²) >= 11 is 7.37. The van der Waals surface area contributed by atoms with Crippen LogP contribution in [0.2, 0.25) is 5.02 Å². The summed E-state index contributed by atoms with van der Waals surface area (Å²) in [6, 6.07) is 0. The molecule has 0 spiro atoms. The van der Waals surface area contributed by atoms with Crippen LogP contribution in [0.3, 0.4) is 0 Å². The monoisotopic (exact) mass is 272 g/mol. The number of halogens is 1. The number of rotatable bonds is 4. The number of hydrogen-bond donors (Lipinski definition) is 1. The maximum atomic E-state index is 10.0. The lowest BCUT2D eigenvalue weighted by atomic mass is 10.1. The molecule has 0 aliphatic carbocycles. The van der Waals surface area contributed by atoms with Crippen LogP contribution in [-0.4, -0.2) is 24.5 Å². The van der Waals surface area contributed by atoms with Crippen LogP contribution in [0.4, 0.5) is 0 Å². The van der Waals surface area contributed by atoms with E-state index < -0.39 is 6.10 Å². The van der Waals surface area contributed by atoms with Crippen molar-refractivity contribution in [2.24, 2.45) is 0 Å². The molecule has 0 saturated carbocycles. The molecule has 0 amide bonds. The van der Waals surface area contributed by atoms with Crippen LogP contribution in [0, 0.1) is 6.92 Å². The highest BCUT2D eigenvalue weighted by molar-refractivity contribution is 7.05. The topological polar surface area (TPSA) is 63.8 Å². The van der Waals surface area contributed by atoms with Crippen LogP contribution in [0.15, 0.2) is 6.20 Å². The highest BCUT2D eigenvalue weighted by Gasteiger charge is 2.18. The molecule has 1 N–H and O–H groups in total. The Balaban J connectivity index is 2.24. The molecule has 1 unspecified atom stereocenters. The Labute approximate surface area is 108 Å². The number of aryl methyl sites for hydroxylation is 2. The van der Waals surface area contributed by atoms with Gasteiger partial charge in [-0.15, -0.1) is 5.10 Å². The largest absolute Gasteiger partial charge is 0.387 e. The second-order valence-corrected chi connectivity index (χ2v) is 4.90. The predicted octanol–water partition coefficient (Wildman–Crippen LogP) is 1.99. The third-order valence-corrected chi connectivity index (χ3v) is 3.80. The zero-order valence-electron chi connectivity index (χ0n) is 9.59. The molecule has 2 heterocycles. The van der Waals surface area contributed by atoms with E-state index in [0.717, 1.165) is 22.8 Å². The van der Waals surface area contributed by atoms with Gasteiger partial charge in [-0.25, -0.2) is 0 Å². The number of aliphatic hydroxyl groups is 1. The molecule has 0 saturated heterocycles. The van der Waals surface area contributed by atoms with E-state index in [0.29, 0.717) is 11.4 Å². The van der Waals surface area contributed by atoms with Crippen LogP contribution in [0.25, 0.3) is 0 Å². The van der Waals surface area contributed by atoms with E-state index in [-0.39, 0.29) is 0 Å². The van der Waals surface area contributed by atoms with Gasteiger partial charge in [0.1, 0.15) is 0 Å². The maximum absolute atomic E-state index is 10.0. The minimum atomic E-state index is -0.631. The second kappa shape index (κ2) is 5.12. The molecule has 2 rings (SSSR count). The molecule has 0 aromatic carbocycles. The normalized spacial score (nSPS) is 12.9. The summed E-state index contributed by atoms with van der Waals surface area (Å²) in [5.74, 6) is 0. The molecule has 0 aliphatic heterocycles. The average Bonchev–Trinajstić information content (AvgIpc) is 2.92. The van der Waals surface area contributed by atoms with Crippen LogP contribution in [0.1, 0.15) is 29.3 Å². The molecular weight excluding hydrogens is 260 g/mol. The van der Waals surface area contributed by atoms with Crippen molar-refractivity contribution in [1.82, 2.24) is 19.4 Å². The second-order valence-electron chi connectivity index (χ2n) is 3.70. The first-order valence-corrected chi connectivity index (χ1v) is 6.45. The first kappa shape index (κ1) is 12.5. The molecule has 5 nitrogen and oxygen atoms in total. The molecule has 1 atom stereocenters. The Hall–Kier alpha value is -0.980. The zero-order valence-corrected chi connectivity index (χ0v) is 11.2. The molecule has 2 aromatic rings. The van der Waals surface area contributed by atoms with Gasteiger partial charge in [-0.3, -0.25) is 4.68 Å². The molecule has 0 fully saturated rings. The number of hydrogen-bond acceptors (Lipinski definition) is 5. The first-order chi connectivity index (χ1) is 8.13. The maximum Gasteiger partial charge on any atom is 0.0969 e. The van der Waals surface area contributed by atoms with Crippen LogP contribution in [0.5, 0.6) is 0 Å². The van der Waals surface area contributed by atoms with Crippen molar-refractivity contribution in [3.63, 3.8) is 0 Å². The Bertz CT molecular complexity index is 497. The molecule has 2 aromatic heterocycles. The molecule has 0 aliphatic rings. The van der Waals surface area contributed by atoms with Crippen LogP contribution >= 0.6 is 23.1 Å². The van der Waals surface area contributed by atoms with Crippen molar-refractivity contribution in [1.29, 1.82) is 0 Å². The zero-order chi connectivity index (χ0) is 12.4. The Morgan fingerprint density at radius 3 is 2.94 bits per heavy atom. The van der Waals surface area contributed by atoms with Gasteiger partial charge in [-0.2, -0.15) is 5.10 Å². The lowest BCUT2D eigenvalue weighted by Gasteiger charge is -2.09. The van der Waals surface area contributed by atoms with Gasteiger partial charge in [-0.05, 0) is 25.4 Å². The summed E-state index contributed by atoms with van der Waals surface area (Å²) in [6.45, 7) is 4.59. The lowest BCUT2D eigenvalue weighted by molar-refractivity contribution is 0.179. The van der Waals surface area contributed by atoms with Crippen molar-refractivity contribution in [3.05, 3.63) is 27.5 Å². The van der Waals surface area contributed by atoms with Gasteiger partial charge in [0.15, 0.2) is 0 Å². The van der Waals surface area contributed by atoms with E-state index in [9.17, 15) is 5.11 Å². The minimum absolute atomic E-state index is 0.428. The minimum Gasteiger partial charge on any atom is -0.387 e. The quantitative estimate of drug-likeness (QED) is 0.925. The molecule has 92 valence electrons.